The Bertz CT molecular complexity index is 1130. The summed E-state index contributed by atoms with van der Waals surface area (Å²) >= 11 is 0. The van der Waals surface area contributed by atoms with Crippen molar-refractivity contribution in [3.05, 3.63) is 71.8 Å². The van der Waals surface area contributed by atoms with Gasteiger partial charge in [0.2, 0.25) is 0 Å². The number of carboxylic acids is 1. The first-order valence-electron chi connectivity index (χ1n) is 8.28. The molecule has 1 N–H and O–H groups in total. The molecule has 0 aliphatic carbocycles. The lowest BCUT2D eigenvalue weighted by atomic mass is 9.96. The van der Waals surface area contributed by atoms with E-state index in [2.05, 4.69) is 41.5 Å². The quantitative estimate of drug-likeness (QED) is 0.602. The van der Waals surface area contributed by atoms with Gasteiger partial charge in [-0.2, -0.15) is 0 Å². The van der Waals surface area contributed by atoms with Crippen LogP contribution in [0, 0.1) is 6.92 Å². The lowest BCUT2D eigenvalue weighted by Crippen LogP contribution is -2.02. The summed E-state index contributed by atoms with van der Waals surface area (Å²) < 4.78 is 1.49. The fraction of sp³-hybridized carbons (Fsp3) is 0.0952. The van der Waals surface area contributed by atoms with Crippen molar-refractivity contribution in [3.63, 3.8) is 0 Å². The third-order valence-electron chi connectivity index (χ3n) is 4.60. The zero-order valence-corrected chi connectivity index (χ0v) is 14.5. The molecule has 0 unspecified atom stereocenters. The summed E-state index contributed by atoms with van der Waals surface area (Å²) in [4.78, 5) is 11.7. The molecule has 0 bridgehead atoms. The molecule has 0 amide bonds. The predicted molar refractivity (Wildman–Crippen MR) is 101 cm³/mol. The van der Waals surface area contributed by atoms with Crippen molar-refractivity contribution in [2.24, 2.45) is 7.05 Å². The van der Waals surface area contributed by atoms with Crippen molar-refractivity contribution in [2.45, 2.75) is 6.92 Å². The summed E-state index contributed by atoms with van der Waals surface area (Å²) in [7, 11) is 1.69. The molecule has 0 radical (unpaired) electrons. The minimum absolute atomic E-state index is 0.202. The van der Waals surface area contributed by atoms with Crippen LogP contribution in [-0.4, -0.2) is 26.1 Å². The third kappa shape index (κ3) is 2.63. The van der Waals surface area contributed by atoms with Crippen molar-refractivity contribution in [1.82, 2.24) is 15.0 Å². The van der Waals surface area contributed by atoms with E-state index in [0.717, 1.165) is 16.7 Å². The van der Waals surface area contributed by atoms with Crippen molar-refractivity contribution < 1.29 is 9.90 Å². The van der Waals surface area contributed by atoms with Gasteiger partial charge in [0.15, 0.2) is 0 Å². The number of aryl methyl sites for hydroxylation is 2. The molecule has 4 aromatic rings. The fourth-order valence-corrected chi connectivity index (χ4v) is 3.26. The maximum absolute atomic E-state index is 11.7. The minimum Gasteiger partial charge on any atom is -0.478 e. The van der Waals surface area contributed by atoms with Gasteiger partial charge in [-0.3, -0.25) is 0 Å². The van der Waals surface area contributed by atoms with E-state index in [9.17, 15) is 9.90 Å². The number of hydrogen-bond acceptors (Lipinski definition) is 3. The van der Waals surface area contributed by atoms with Crippen molar-refractivity contribution in [2.75, 3.05) is 0 Å². The summed E-state index contributed by atoms with van der Waals surface area (Å²) in [5, 5.41) is 17.6. The highest BCUT2D eigenvalue weighted by Crippen LogP contribution is 2.29. The highest BCUT2D eigenvalue weighted by atomic mass is 16.4. The Morgan fingerprint density at radius 2 is 1.65 bits per heavy atom. The molecule has 0 aliphatic rings. The van der Waals surface area contributed by atoms with Crippen molar-refractivity contribution >= 4 is 17.0 Å². The zero-order valence-electron chi connectivity index (χ0n) is 14.5. The summed E-state index contributed by atoms with van der Waals surface area (Å²) in [5.41, 5.74) is 6.59. The van der Waals surface area contributed by atoms with E-state index in [4.69, 9.17) is 0 Å². The molecule has 5 heteroatoms. The number of hydrogen-bond donors (Lipinski definition) is 1. The molecule has 0 saturated heterocycles. The molecule has 0 fully saturated rings. The van der Waals surface area contributed by atoms with Gasteiger partial charge >= 0.3 is 5.97 Å². The van der Waals surface area contributed by atoms with Gasteiger partial charge < -0.3 is 5.11 Å². The Morgan fingerprint density at radius 1 is 0.962 bits per heavy atom. The van der Waals surface area contributed by atoms with Gasteiger partial charge in [0.05, 0.1) is 5.56 Å². The van der Waals surface area contributed by atoms with Crippen LogP contribution in [-0.2, 0) is 7.05 Å². The van der Waals surface area contributed by atoms with Crippen LogP contribution in [0.2, 0.25) is 0 Å². The molecule has 128 valence electrons. The van der Waals surface area contributed by atoms with Crippen LogP contribution in [0.15, 0.2) is 60.7 Å². The van der Waals surface area contributed by atoms with E-state index in [1.54, 1.807) is 13.1 Å². The number of aromatic carboxylic acids is 1. The summed E-state index contributed by atoms with van der Waals surface area (Å²) in [6.07, 6.45) is 0. The second-order valence-electron chi connectivity index (χ2n) is 6.30. The lowest BCUT2D eigenvalue weighted by molar-refractivity contribution is 0.0698. The number of aromatic nitrogens is 3. The first-order chi connectivity index (χ1) is 12.5. The molecule has 0 atom stereocenters. The summed E-state index contributed by atoms with van der Waals surface area (Å²) in [6.45, 7) is 2.09. The van der Waals surface area contributed by atoms with Gasteiger partial charge in [-0.15, -0.1) is 5.10 Å². The average molecular weight is 343 g/mol. The van der Waals surface area contributed by atoms with Crippen LogP contribution in [0.25, 0.3) is 33.3 Å². The van der Waals surface area contributed by atoms with Gasteiger partial charge in [0.25, 0.3) is 0 Å². The predicted octanol–water partition coefficient (Wildman–Crippen LogP) is 4.31. The molecule has 0 spiro atoms. The van der Waals surface area contributed by atoms with Gasteiger partial charge in [0, 0.05) is 7.05 Å². The number of carboxylic acid groups (broad SMARTS) is 1. The van der Waals surface area contributed by atoms with Gasteiger partial charge in [-0.05, 0) is 46.9 Å². The Labute approximate surface area is 150 Å². The Morgan fingerprint density at radius 3 is 2.35 bits per heavy atom. The number of benzene rings is 3. The van der Waals surface area contributed by atoms with E-state index in [1.165, 1.54) is 15.8 Å². The highest BCUT2D eigenvalue weighted by Gasteiger charge is 2.16. The molecule has 5 nitrogen and oxygen atoms in total. The maximum Gasteiger partial charge on any atom is 0.337 e. The molecule has 1 aromatic heterocycles. The third-order valence-corrected chi connectivity index (χ3v) is 4.60. The van der Waals surface area contributed by atoms with Gasteiger partial charge in [0.1, 0.15) is 11.0 Å². The summed E-state index contributed by atoms with van der Waals surface area (Å²) in [5.74, 6) is -0.987. The van der Waals surface area contributed by atoms with Crippen LogP contribution < -0.4 is 0 Å². The van der Waals surface area contributed by atoms with E-state index in [-0.39, 0.29) is 5.56 Å². The largest absolute Gasteiger partial charge is 0.478 e. The van der Waals surface area contributed by atoms with E-state index in [1.807, 2.05) is 30.3 Å². The molecule has 4 rings (SSSR count). The number of rotatable bonds is 3. The Balaban J connectivity index is 1.81. The highest BCUT2D eigenvalue weighted by molar-refractivity contribution is 6.03. The average Bonchev–Trinajstić information content (AvgIpc) is 3.02. The van der Waals surface area contributed by atoms with E-state index >= 15 is 0 Å². The van der Waals surface area contributed by atoms with Gasteiger partial charge in [-0.25, -0.2) is 9.48 Å². The smallest absolute Gasteiger partial charge is 0.337 e. The van der Waals surface area contributed by atoms with Gasteiger partial charge in [-0.1, -0.05) is 53.7 Å². The monoisotopic (exact) mass is 343 g/mol. The van der Waals surface area contributed by atoms with Crippen LogP contribution in [0.5, 0.6) is 0 Å². The van der Waals surface area contributed by atoms with Crippen molar-refractivity contribution in [1.29, 1.82) is 0 Å². The van der Waals surface area contributed by atoms with Crippen LogP contribution in [0.4, 0.5) is 0 Å². The van der Waals surface area contributed by atoms with Crippen LogP contribution >= 0.6 is 0 Å². The SMILES string of the molecule is Cc1ccccc1-c1ccc(-c2cc(C(=O)O)c3c(c2)nnn3C)cc1. The van der Waals surface area contributed by atoms with E-state index in [0.29, 0.717) is 11.0 Å². The standard InChI is InChI=1S/C21H17N3O2/c1-13-5-3-4-6-17(13)15-9-7-14(8-10-15)16-11-18(21(25)26)20-19(12-16)22-23-24(20)2/h3-12H,1-2H3,(H,25,26). The molecule has 0 aliphatic heterocycles. The molecule has 0 saturated carbocycles. The molecule has 3 aromatic carbocycles. The normalized spacial score (nSPS) is 11.0. The van der Waals surface area contributed by atoms with Crippen LogP contribution in [0.3, 0.4) is 0 Å². The van der Waals surface area contributed by atoms with Crippen molar-refractivity contribution in [3.8, 4) is 22.3 Å². The summed E-state index contributed by atoms with van der Waals surface area (Å²) in [6, 6.07) is 19.9. The number of nitrogens with zero attached hydrogens (tertiary/aromatic N) is 3. The molecule has 26 heavy (non-hydrogen) atoms. The molecule has 1 heterocycles. The molecular formula is C21H17N3O2. The number of fused-ring (bicyclic) bond motifs is 1. The van der Waals surface area contributed by atoms with Crippen LogP contribution in [0.1, 0.15) is 15.9 Å². The second kappa shape index (κ2) is 6.11. The maximum atomic E-state index is 11.7. The Hall–Kier alpha value is -3.47. The first kappa shape index (κ1) is 16.0. The Kier molecular flexibility index (Phi) is 3.77. The van der Waals surface area contributed by atoms with E-state index < -0.39 is 5.97 Å². The topological polar surface area (TPSA) is 68.0 Å². The zero-order chi connectivity index (χ0) is 18.3. The lowest BCUT2D eigenvalue weighted by Gasteiger charge is -2.09. The number of carbonyl (C=O) groups is 1. The first-order valence-corrected chi connectivity index (χ1v) is 8.28. The minimum atomic E-state index is -0.987. The second-order valence-corrected chi connectivity index (χ2v) is 6.30. The molecular weight excluding hydrogens is 326 g/mol. The fourth-order valence-electron chi connectivity index (χ4n) is 3.26.